The van der Waals surface area contributed by atoms with Gasteiger partial charge in [0.2, 0.25) is 17.7 Å². The van der Waals surface area contributed by atoms with Crippen molar-refractivity contribution >= 4 is 17.7 Å². The number of amides is 3. The second-order valence-electron chi connectivity index (χ2n) is 21.5. The Kier molecular flexibility index (Phi) is 21.8. The van der Waals surface area contributed by atoms with Crippen LogP contribution in [-0.4, -0.2) is 106 Å². The van der Waals surface area contributed by atoms with Crippen LogP contribution in [0.3, 0.4) is 0 Å². The second kappa shape index (κ2) is 22.6. The van der Waals surface area contributed by atoms with Crippen LogP contribution in [0.15, 0.2) is 0 Å². The van der Waals surface area contributed by atoms with Gasteiger partial charge in [0.05, 0.1) is 0 Å². The van der Waals surface area contributed by atoms with Gasteiger partial charge in [-0.2, -0.15) is 0 Å². The highest BCUT2D eigenvalue weighted by Gasteiger charge is 2.28. The van der Waals surface area contributed by atoms with E-state index in [2.05, 4.69) is 135 Å². The largest absolute Gasteiger partial charge is 0.356 e. The Bertz CT molecular complexity index is 988. The molecule has 0 saturated carbocycles. The predicted octanol–water partition coefficient (Wildman–Crippen LogP) is 6.04. The molecule has 0 aromatic rings. The summed E-state index contributed by atoms with van der Waals surface area (Å²) >= 11 is 0. The molecule has 0 aromatic heterocycles. The molecular formula is C42H87N7O3. The highest BCUT2D eigenvalue weighted by atomic mass is 16.2. The number of carbonyl (C=O) groups excluding carboxylic acids is 3. The smallest absolute Gasteiger partial charge is 0.221 e. The van der Waals surface area contributed by atoms with Gasteiger partial charge in [-0.25, -0.2) is 0 Å². The Morgan fingerprint density at radius 1 is 0.442 bits per heavy atom. The normalized spacial score (nSPS) is 13.5. The van der Waals surface area contributed by atoms with Gasteiger partial charge in [-0.3, -0.25) is 14.4 Å². The third-order valence-corrected chi connectivity index (χ3v) is 8.94. The summed E-state index contributed by atoms with van der Waals surface area (Å²) < 4.78 is 0. The Hall–Kier alpha value is -1.75. The molecule has 0 rings (SSSR count). The molecule has 308 valence electrons. The molecule has 0 unspecified atom stereocenters. The Balaban J connectivity index is 5.04. The number of nitrogens with zero attached hydrogens (tertiary/aromatic N) is 2. The van der Waals surface area contributed by atoms with Crippen LogP contribution in [0.4, 0.5) is 0 Å². The minimum atomic E-state index is 0.0148. The Morgan fingerprint density at radius 3 is 0.962 bits per heavy atom. The molecule has 0 aliphatic heterocycles. The first kappa shape index (κ1) is 50.2. The molecule has 0 radical (unpaired) electrons. The van der Waals surface area contributed by atoms with E-state index in [9.17, 15) is 14.4 Å². The molecule has 0 fully saturated rings. The monoisotopic (exact) mass is 738 g/mol. The van der Waals surface area contributed by atoms with Crippen molar-refractivity contribution in [1.29, 1.82) is 0 Å². The first-order valence-corrected chi connectivity index (χ1v) is 20.2. The fourth-order valence-corrected chi connectivity index (χ4v) is 8.00. The number of carbonyl (C=O) groups is 3. The summed E-state index contributed by atoms with van der Waals surface area (Å²) in [5.74, 6) is 0.177. The van der Waals surface area contributed by atoms with Crippen molar-refractivity contribution in [1.82, 2.24) is 31.1 Å². The maximum atomic E-state index is 12.9. The lowest BCUT2D eigenvalue weighted by atomic mass is 9.76. The average Bonchev–Trinajstić information content (AvgIpc) is 2.94. The van der Waals surface area contributed by atoms with Gasteiger partial charge in [0.25, 0.3) is 0 Å². The first-order valence-electron chi connectivity index (χ1n) is 20.2. The molecule has 3 amide bonds. The molecule has 6 N–H and O–H groups in total. The van der Waals surface area contributed by atoms with Crippen LogP contribution >= 0.6 is 0 Å². The molecule has 0 heterocycles. The molecule has 0 aliphatic carbocycles. The summed E-state index contributed by atoms with van der Waals surface area (Å²) in [6, 6.07) is 0. The molecule has 0 aromatic carbocycles. The zero-order valence-corrected chi connectivity index (χ0v) is 36.9. The Morgan fingerprint density at radius 2 is 0.712 bits per heavy atom. The van der Waals surface area contributed by atoms with Gasteiger partial charge < -0.3 is 36.8 Å². The zero-order chi connectivity index (χ0) is 40.4. The number of nitrogens with two attached hydrogens (primary N) is 1. The Labute approximate surface area is 321 Å². The molecule has 0 aliphatic rings. The second-order valence-corrected chi connectivity index (χ2v) is 21.5. The molecule has 0 bridgehead atoms. The minimum absolute atomic E-state index is 0.0148. The predicted molar refractivity (Wildman–Crippen MR) is 221 cm³/mol. The average molecular weight is 738 g/mol. The van der Waals surface area contributed by atoms with Gasteiger partial charge in [-0.15, -0.1) is 0 Å². The van der Waals surface area contributed by atoms with E-state index in [-0.39, 0.29) is 50.2 Å². The molecule has 0 atom stereocenters. The number of rotatable bonds is 26. The number of hydrogen-bond donors (Lipinski definition) is 5. The van der Waals surface area contributed by atoms with Gasteiger partial charge in [-0.1, -0.05) is 104 Å². The quantitative estimate of drug-likeness (QED) is 0.0684. The van der Waals surface area contributed by atoms with Gasteiger partial charge in [0.1, 0.15) is 0 Å². The summed E-state index contributed by atoms with van der Waals surface area (Å²) in [5, 5.41) is 13.0. The van der Waals surface area contributed by atoms with Crippen LogP contribution in [-0.2, 0) is 14.4 Å². The fourth-order valence-electron chi connectivity index (χ4n) is 8.00. The number of nitrogens with one attached hydrogen (secondary N) is 4. The van der Waals surface area contributed by atoms with Gasteiger partial charge in [0.15, 0.2) is 0 Å². The molecule has 0 saturated heterocycles. The van der Waals surface area contributed by atoms with Crippen LogP contribution in [0.1, 0.15) is 142 Å². The standard InChI is InChI=1S/C42H87N7O3/c1-37(2,3)28-40(10,11)31-45-34(50)16-22-48(23-17-35(51)46-32-41(12,13)29-38(4,5)6)26-20-44-21-27-49(25-19-43)24-18-36(52)47-33-42(14,15)30-39(7,8)9/h44H,16-33,43H2,1-15H3,(H,45,50)(H,46,51)(H,47,52). The van der Waals surface area contributed by atoms with Crippen LogP contribution in [0, 0.1) is 32.5 Å². The summed E-state index contributed by atoms with van der Waals surface area (Å²) in [4.78, 5) is 43.0. The van der Waals surface area contributed by atoms with Crippen LogP contribution in [0.25, 0.3) is 0 Å². The van der Waals surface area contributed by atoms with E-state index in [1.165, 1.54) is 0 Å². The minimum Gasteiger partial charge on any atom is -0.356 e. The van der Waals surface area contributed by atoms with Gasteiger partial charge >= 0.3 is 0 Å². The van der Waals surface area contributed by atoms with E-state index < -0.39 is 0 Å². The van der Waals surface area contributed by atoms with E-state index in [4.69, 9.17) is 5.73 Å². The van der Waals surface area contributed by atoms with Gasteiger partial charge in [-0.05, 0) is 51.8 Å². The number of hydrogen-bond acceptors (Lipinski definition) is 7. The van der Waals surface area contributed by atoms with Crippen LogP contribution in [0.2, 0.25) is 0 Å². The van der Waals surface area contributed by atoms with Crippen molar-refractivity contribution in [3.63, 3.8) is 0 Å². The lowest BCUT2D eigenvalue weighted by molar-refractivity contribution is -0.123. The SMILES string of the molecule is CC(C)(C)CC(C)(C)CNC(=O)CCN(CCN)CCNCCN(CCC(=O)NCC(C)(C)CC(C)(C)C)CCC(=O)NCC(C)(C)CC(C)(C)C. The molecule has 10 nitrogen and oxygen atoms in total. The van der Waals surface area contributed by atoms with Crippen LogP contribution < -0.4 is 27.0 Å². The van der Waals surface area contributed by atoms with Crippen molar-refractivity contribution in [2.24, 2.45) is 38.2 Å². The van der Waals surface area contributed by atoms with E-state index in [1.807, 2.05) is 0 Å². The fraction of sp³-hybridized carbons (Fsp3) is 0.929. The third kappa shape index (κ3) is 29.7. The van der Waals surface area contributed by atoms with E-state index in [0.29, 0.717) is 65.1 Å². The summed E-state index contributed by atoms with van der Waals surface area (Å²) in [6.07, 6.45) is 4.31. The molecule has 0 spiro atoms. The third-order valence-electron chi connectivity index (χ3n) is 8.94. The van der Waals surface area contributed by atoms with Crippen molar-refractivity contribution in [3.05, 3.63) is 0 Å². The maximum Gasteiger partial charge on any atom is 0.221 e. The lowest BCUT2D eigenvalue weighted by Crippen LogP contribution is -2.42. The van der Waals surface area contributed by atoms with Gasteiger partial charge in [0, 0.05) is 97.8 Å². The molecule has 52 heavy (non-hydrogen) atoms. The first-order chi connectivity index (χ1) is 23.5. The highest BCUT2D eigenvalue weighted by Crippen LogP contribution is 2.34. The molecular weight excluding hydrogens is 651 g/mol. The van der Waals surface area contributed by atoms with E-state index >= 15 is 0 Å². The van der Waals surface area contributed by atoms with Crippen molar-refractivity contribution in [2.75, 3.05) is 78.5 Å². The van der Waals surface area contributed by atoms with Crippen molar-refractivity contribution < 1.29 is 14.4 Å². The maximum absolute atomic E-state index is 12.9. The molecule has 10 heteroatoms. The van der Waals surface area contributed by atoms with Crippen molar-refractivity contribution in [2.45, 2.75) is 142 Å². The van der Waals surface area contributed by atoms with E-state index in [0.717, 1.165) is 52.0 Å². The van der Waals surface area contributed by atoms with E-state index in [1.54, 1.807) is 0 Å². The summed E-state index contributed by atoms with van der Waals surface area (Å²) in [5.41, 5.74) is 6.58. The highest BCUT2D eigenvalue weighted by molar-refractivity contribution is 5.77. The topological polar surface area (TPSA) is 132 Å². The van der Waals surface area contributed by atoms with Crippen molar-refractivity contribution in [3.8, 4) is 0 Å². The summed E-state index contributed by atoms with van der Waals surface area (Å²) in [7, 11) is 0. The summed E-state index contributed by atoms with van der Waals surface area (Å²) in [6.45, 7) is 41.5. The zero-order valence-electron chi connectivity index (χ0n) is 36.9. The lowest BCUT2D eigenvalue weighted by Gasteiger charge is -2.32. The van der Waals surface area contributed by atoms with Crippen LogP contribution in [0.5, 0.6) is 0 Å².